The lowest BCUT2D eigenvalue weighted by atomic mass is 10.1. The van der Waals surface area contributed by atoms with Crippen molar-refractivity contribution in [1.29, 1.82) is 0 Å². The summed E-state index contributed by atoms with van der Waals surface area (Å²) in [4.78, 5) is 24.5. The summed E-state index contributed by atoms with van der Waals surface area (Å²) >= 11 is 0. The Bertz CT molecular complexity index is 1070. The van der Waals surface area contributed by atoms with Crippen LogP contribution in [0.1, 0.15) is 16.1 Å². The Labute approximate surface area is 148 Å². The number of aromatic nitrogens is 2. The smallest absolute Gasteiger partial charge is 0.292 e. The van der Waals surface area contributed by atoms with E-state index in [9.17, 15) is 14.7 Å². The third kappa shape index (κ3) is 3.12. The highest BCUT2D eigenvalue weighted by atomic mass is 16.5. The lowest BCUT2D eigenvalue weighted by Gasteiger charge is -2.07. The van der Waals surface area contributed by atoms with Gasteiger partial charge in [-0.2, -0.15) is 10.2 Å². The second-order valence-corrected chi connectivity index (χ2v) is 5.42. The molecule has 0 aliphatic carbocycles. The second kappa shape index (κ2) is 7.06. The van der Waals surface area contributed by atoms with Crippen molar-refractivity contribution in [2.24, 2.45) is 12.1 Å². The summed E-state index contributed by atoms with van der Waals surface area (Å²) in [5.41, 5.74) is 2.52. The number of nitrogens with one attached hydrogen (secondary N) is 1. The van der Waals surface area contributed by atoms with Gasteiger partial charge in [0, 0.05) is 18.0 Å². The molecule has 0 fully saturated rings. The molecule has 8 heteroatoms. The second-order valence-electron chi connectivity index (χ2n) is 5.42. The zero-order chi connectivity index (χ0) is 18.7. The van der Waals surface area contributed by atoms with Gasteiger partial charge in [-0.15, -0.1) is 0 Å². The maximum absolute atomic E-state index is 12.4. The zero-order valence-electron chi connectivity index (χ0n) is 14.1. The highest BCUT2D eigenvalue weighted by Gasteiger charge is 2.15. The molecule has 1 amide bonds. The van der Waals surface area contributed by atoms with Crippen LogP contribution in [-0.4, -0.2) is 34.1 Å². The quantitative estimate of drug-likeness (QED) is 0.545. The molecular weight excluding hydrogens is 336 g/mol. The topological polar surface area (TPSA) is 106 Å². The van der Waals surface area contributed by atoms with Gasteiger partial charge in [0.2, 0.25) is 0 Å². The average Bonchev–Trinajstić information content (AvgIpc) is 2.66. The Balaban J connectivity index is 1.89. The van der Waals surface area contributed by atoms with Crippen LogP contribution in [0.4, 0.5) is 0 Å². The monoisotopic (exact) mass is 352 g/mol. The van der Waals surface area contributed by atoms with E-state index in [2.05, 4.69) is 15.6 Å². The number of carbonyl (C=O) groups excluding carboxylic acids is 1. The molecule has 1 heterocycles. The van der Waals surface area contributed by atoms with Gasteiger partial charge in [-0.05, 0) is 18.2 Å². The van der Waals surface area contributed by atoms with Gasteiger partial charge < -0.3 is 9.84 Å². The molecule has 3 aromatic rings. The van der Waals surface area contributed by atoms with Gasteiger partial charge in [0.1, 0.15) is 0 Å². The Morgan fingerprint density at radius 1 is 1.23 bits per heavy atom. The number of aryl methyl sites for hydroxylation is 1. The zero-order valence-corrected chi connectivity index (χ0v) is 14.1. The number of phenolic OH excluding ortho intramolecular Hbond substituents is 1. The summed E-state index contributed by atoms with van der Waals surface area (Å²) in [6.45, 7) is 0. The molecule has 1 aromatic heterocycles. The van der Waals surface area contributed by atoms with E-state index in [1.54, 1.807) is 42.5 Å². The van der Waals surface area contributed by atoms with Crippen LogP contribution in [0.5, 0.6) is 11.5 Å². The summed E-state index contributed by atoms with van der Waals surface area (Å²) in [5.74, 6) is -0.361. The van der Waals surface area contributed by atoms with E-state index >= 15 is 0 Å². The fourth-order valence-corrected chi connectivity index (χ4v) is 2.49. The van der Waals surface area contributed by atoms with Crippen LogP contribution >= 0.6 is 0 Å². The normalized spacial score (nSPS) is 11.0. The van der Waals surface area contributed by atoms with Crippen molar-refractivity contribution >= 4 is 22.9 Å². The van der Waals surface area contributed by atoms with Gasteiger partial charge in [0.05, 0.1) is 18.7 Å². The molecule has 0 bridgehead atoms. The number of nitrogens with zero attached hydrogens (tertiary/aromatic N) is 3. The lowest BCUT2D eigenvalue weighted by molar-refractivity contribution is 0.0950. The summed E-state index contributed by atoms with van der Waals surface area (Å²) in [7, 11) is 2.91. The first-order valence-corrected chi connectivity index (χ1v) is 7.68. The average molecular weight is 352 g/mol. The maximum Gasteiger partial charge on any atom is 0.292 e. The van der Waals surface area contributed by atoms with Gasteiger partial charge in [0.15, 0.2) is 17.2 Å². The number of hydrogen-bond donors (Lipinski definition) is 2. The first-order valence-electron chi connectivity index (χ1n) is 7.68. The van der Waals surface area contributed by atoms with Crippen molar-refractivity contribution in [3.8, 4) is 11.5 Å². The van der Waals surface area contributed by atoms with Crippen molar-refractivity contribution in [2.75, 3.05) is 7.11 Å². The summed E-state index contributed by atoms with van der Waals surface area (Å²) in [5, 5.41) is 18.7. The predicted molar refractivity (Wildman–Crippen MR) is 96.7 cm³/mol. The largest absolute Gasteiger partial charge is 0.504 e. The van der Waals surface area contributed by atoms with E-state index in [-0.39, 0.29) is 17.0 Å². The fraction of sp³-hybridized carbons (Fsp3) is 0.111. The number of para-hydroxylation sites is 1. The first-order chi connectivity index (χ1) is 12.5. The van der Waals surface area contributed by atoms with E-state index in [4.69, 9.17) is 4.74 Å². The van der Waals surface area contributed by atoms with Crippen molar-refractivity contribution in [1.82, 2.24) is 15.2 Å². The van der Waals surface area contributed by atoms with Crippen LogP contribution in [0.2, 0.25) is 0 Å². The van der Waals surface area contributed by atoms with E-state index in [0.717, 1.165) is 4.68 Å². The minimum atomic E-state index is -0.574. The molecule has 2 aromatic carbocycles. The van der Waals surface area contributed by atoms with Crippen LogP contribution in [0, 0.1) is 0 Å². The number of ether oxygens (including phenoxy) is 1. The summed E-state index contributed by atoms with van der Waals surface area (Å²) in [6.07, 6.45) is 1.29. The predicted octanol–water partition coefficient (Wildman–Crippen LogP) is 1.41. The van der Waals surface area contributed by atoms with Crippen molar-refractivity contribution < 1.29 is 14.6 Å². The molecule has 0 atom stereocenters. The Kier molecular flexibility index (Phi) is 4.66. The minimum Gasteiger partial charge on any atom is -0.504 e. The molecule has 0 aliphatic heterocycles. The Morgan fingerprint density at radius 3 is 2.69 bits per heavy atom. The van der Waals surface area contributed by atoms with E-state index in [1.807, 2.05) is 0 Å². The van der Waals surface area contributed by atoms with Gasteiger partial charge in [-0.3, -0.25) is 9.59 Å². The SMILES string of the molecule is COc1cccc(/C=N/NC(=O)c2nn(C)c(=O)c3ccccc23)c1O. The third-order valence-corrected chi connectivity index (χ3v) is 3.79. The number of amides is 1. The Morgan fingerprint density at radius 2 is 1.96 bits per heavy atom. The van der Waals surface area contributed by atoms with Crippen LogP contribution < -0.4 is 15.7 Å². The lowest BCUT2D eigenvalue weighted by Crippen LogP contribution is -2.27. The highest BCUT2D eigenvalue weighted by Crippen LogP contribution is 2.27. The summed E-state index contributed by atoms with van der Waals surface area (Å²) < 4.78 is 6.12. The van der Waals surface area contributed by atoms with Gasteiger partial charge in [0.25, 0.3) is 11.5 Å². The van der Waals surface area contributed by atoms with Crippen LogP contribution in [-0.2, 0) is 7.05 Å². The van der Waals surface area contributed by atoms with Gasteiger partial charge in [-0.1, -0.05) is 24.3 Å². The number of fused-ring (bicyclic) bond motifs is 1. The first kappa shape index (κ1) is 17.2. The number of rotatable bonds is 4. The molecule has 0 saturated heterocycles. The molecule has 0 unspecified atom stereocenters. The van der Waals surface area contributed by atoms with E-state index in [1.165, 1.54) is 20.4 Å². The van der Waals surface area contributed by atoms with Crippen molar-refractivity contribution in [3.05, 3.63) is 64.1 Å². The number of hydrogen-bond acceptors (Lipinski definition) is 6. The Hall–Kier alpha value is -3.68. The molecule has 26 heavy (non-hydrogen) atoms. The third-order valence-electron chi connectivity index (χ3n) is 3.79. The number of methoxy groups -OCH3 is 1. The number of carbonyl (C=O) groups is 1. The molecule has 0 aliphatic rings. The van der Waals surface area contributed by atoms with Gasteiger partial charge >= 0.3 is 0 Å². The van der Waals surface area contributed by atoms with E-state index < -0.39 is 5.91 Å². The van der Waals surface area contributed by atoms with Gasteiger partial charge in [-0.25, -0.2) is 10.1 Å². The highest BCUT2D eigenvalue weighted by molar-refractivity contribution is 6.05. The maximum atomic E-state index is 12.4. The van der Waals surface area contributed by atoms with E-state index in [0.29, 0.717) is 22.1 Å². The molecule has 132 valence electrons. The minimum absolute atomic E-state index is 0.0784. The number of hydrazone groups is 1. The molecular formula is C18H16N4O4. The number of phenols is 1. The van der Waals surface area contributed by atoms with Crippen LogP contribution in [0.15, 0.2) is 52.4 Å². The van der Waals surface area contributed by atoms with Crippen LogP contribution in [0.3, 0.4) is 0 Å². The fourth-order valence-electron chi connectivity index (χ4n) is 2.49. The molecule has 3 rings (SSSR count). The molecule has 0 spiro atoms. The molecule has 0 radical (unpaired) electrons. The molecule has 2 N–H and O–H groups in total. The molecule has 0 saturated carbocycles. The van der Waals surface area contributed by atoms with Crippen molar-refractivity contribution in [2.45, 2.75) is 0 Å². The number of benzene rings is 2. The standard InChI is InChI=1S/C18H16N4O4/c1-22-18(25)13-8-4-3-7-12(13)15(21-22)17(24)20-19-10-11-6-5-9-14(26-2)16(11)23/h3-10,23H,1-2H3,(H,20,24)/b19-10+. The van der Waals surface area contributed by atoms with Crippen molar-refractivity contribution in [3.63, 3.8) is 0 Å². The molecule has 8 nitrogen and oxygen atoms in total. The number of aromatic hydroxyl groups is 1. The summed E-state index contributed by atoms with van der Waals surface area (Å²) in [6, 6.07) is 11.6. The van der Waals surface area contributed by atoms with Crippen LogP contribution in [0.25, 0.3) is 10.8 Å².